The maximum absolute atomic E-state index is 12.3. The summed E-state index contributed by atoms with van der Waals surface area (Å²) in [6.45, 7) is 4.60. The van der Waals surface area contributed by atoms with Gasteiger partial charge >= 0.3 is 5.97 Å². The van der Waals surface area contributed by atoms with Gasteiger partial charge in [0.15, 0.2) is 9.84 Å². The number of rotatable bonds is 5. The summed E-state index contributed by atoms with van der Waals surface area (Å²) in [7, 11) is -3.77. The van der Waals surface area contributed by atoms with Crippen molar-refractivity contribution in [2.45, 2.75) is 25.7 Å². The minimum atomic E-state index is -3.77. The molecule has 0 aromatic heterocycles. The molecule has 20 heavy (non-hydrogen) atoms. The Morgan fingerprint density at radius 2 is 1.80 bits per heavy atom. The fourth-order valence-electron chi connectivity index (χ4n) is 1.90. The molecular weight excluding hydrogens is 282 g/mol. The Labute approximate surface area is 117 Å². The molecule has 0 spiro atoms. The molecule has 0 aliphatic heterocycles. The Kier molecular flexibility index (Phi) is 4.54. The lowest BCUT2D eigenvalue weighted by atomic mass is 10.1. The second-order valence-corrected chi connectivity index (χ2v) is 6.83. The molecule has 0 heterocycles. The van der Waals surface area contributed by atoms with Crippen LogP contribution in [0.1, 0.15) is 28.4 Å². The van der Waals surface area contributed by atoms with Crippen LogP contribution in [0.2, 0.25) is 0 Å². The molecule has 0 fully saturated rings. The average Bonchev–Trinajstić information content (AvgIpc) is 2.26. The molecule has 1 unspecified atom stereocenters. The van der Waals surface area contributed by atoms with E-state index in [1.807, 2.05) is 0 Å². The summed E-state index contributed by atoms with van der Waals surface area (Å²) in [6, 6.07) is 2.64. The predicted molar refractivity (Wildman–Crippen MR) is 73.3 cm³/mol. The maximum Gasteiger partial charge on any atom is 0.335 e. The van der Waals surface area contributed by atoms with Crippen LogP contribution in [0.4, 0.5) is 0 Å². The Hall–Kier alpha value is -1.89. The lowest BCUT2D eigenvalue weighted by Gasteiger charge is -2.13. The molecule has 1 atom stereocenters. The Morgan fingerprint density at radius 1 is 1.25 bits per heavy atom. The van der Waals surface area contributed by atoms with Crippen LogP contribution in [0.3, 0.4) is 0 Å². The van der Waals surface area contributed by atoms with Crippen LogP contribution >= 0.6 is 0 Å². The highest BCUT2D eigenvalue weighted by atomic mass is 32.2. The van der Waals surface area contributed by atoms with E-state index >= 15 is 0 Å². The van der Waals surface area contributed by atoms with Crippen molar-refractivity contribution < 1.29 is 23.1 Å². The molecule has 1 amide bonds. The third kappa shape index (κ3) is 3.36. The Morgan fingerprint density at radius 3 is 2.25 bits per heavy atom. The van der Waals surface area contributed by atoms with Gasteiger partial charge < -0.3 is 10.8 Å². The second-order valence-electron chi connectivity index (χ2n) is 4.82. The highest BCUT2D eigenvalue weighted by Crippen LogP contribution is 2.23. The number of aryl methyl sites for hydroxylation is 2. The zero-order valence-corrected chi connectivity index (χ0v) is 12.3. The van der Waals surface area contributed by atoms with Crippen LogP contribution in [0, 0.1) is 19.8 Å². The molecule has 0 bridgehead atoms. The van der Waals surface area contributed by atoms with Gasteiger partial charge in [-0.15, -0.1) is 0 Å². The number of primary amides is 1. The van der Waals surface area contributed by atoms with Gasteiger partial charge in [-0.3, -0.25) is 4.79 Å². The molecule has 6 nitrogen and oxygen atoms in total. The van der Waals surface area contributed by atoms with Gasteiger partial charge in [-0.05, 0) is 31.0 Å². The van der Waals surface area contributed by atoms with Gasteiger partial charge in [0.2, 0.25) is 5.91 Å². The molecule has 0 radical (unpaired) electrons. The van der Waals surface area contributed by atoms with Crippen molar-refractivity contribution in [2.75, 3.05) is 5.75 Å². The molecule has 1 aromatic carbocycles. The van der Waals surface area contributed by atoms with E-state index < -0.39 is 33.4 Å². The van der Waals surface area contributed by atoms with Crippen molar-refractivity contribution in [3.8, 4) is 0 Å². The van der Waals surface area contributed by atoms with Crippen LogP contribution in [0.25, 0.3) is 0 Å². The molecule has 7 heteroatoms. The van der Waals surface area contributed by atoms with E-state index in [1.165, 1.54) is 13.0 Å². The zero-order chi connectivity index (χ0) is 15.7. The highest BCUT2D eigenvalue weighted by molar-refractivity contribution is 7.91. The number of hydrogen-bond acceptors (Lipinski definition) is 4. The summed E-state index contributed by atoms with van der Waals surface area (Å²) in [5.74, 6) is -3.18. The first kappa shape index (κ1) is 16.2. The average molecular weight is 299 g/mol. The topological polar surface area (TPSA) is 115 Å². The largest absolute Gasteiger partial charge is 0.478 e. The third-order valence-electron chi connectivity index (χ3n) is 3.04. The van der Waals surface area contributed by atoms with Gasteiger partial charge in [-0.25, -0.2) is 13.2 Å². The van der Waals surface area contributed by atoms with Crippen LogP contribution in [-0.4, -0.2) is 31.2 Å². The first-order valence-electron chi connectivity index (χ1n) is 5.93. The van der Waals surface area contributed by atoms with Crippen LogP contribution in [0.15, 0.2) is 17.0 Å². The molecule has 0 aliphatic carbocycles. The number of carboxylic acids is 1. The standard InChI is InChI=1S/C13H17NO5S/c1-7-4-8(2)11(5-10(7)13(16)17)20(18,19)6-9(3)12(14)15/h4-5,9H,6H2,1-3H3,(H2,14,15)(H,16,17). The van der Waals surface area contributed by atoms with E-state index in [0.29, 0.717) is 11.1 Å². The van der Waals surface area contributed by atoms with Gasteiger partial charge in [-0.2, -0.15) is 0 Å². The molecule has 0 saturated carbocycles. The van der Waals surface area contributed by atoms with Gasteiger partial charge in [0, 0.05) is 5.92 Å². The fraction of sp³-hybridized carbons (Fsp3) is 0.385. The summed E-state index contributed by atoms with van der Waals surface area (Å²) < 4.78 is 24.5. The highest BCUT2D eigenvalue weighted by Gasteiger charge is 2.25. The molecule has 1 rings (SSSR count). The number of benzene rings is 1. The number of nitrogens with two attached hydrogens (primary N) is 1. The van der Waals surface area contributed by atoms with E-state index in [2.05, 4.69) is 0 Å². The summed E-state index contributed by atoms with van der Waals surface area (Å²) in [6.07, 6.45) is 0. The minimum absolute atomic E-state index is 0.0686. The van der Waals surface area contributed by atoms with Crippen LogP contribution < -0.4 is 5.73 Å². The van der Waals surface area contributed by atoms with Gasteiger partial charge in [0.1, 0.15) is 0 Å². The molecule has 1 aromatic rings. The molecule has 110 valence electrons. The number of sulfone groups is 1. The third-order valence-corrected chi connectivity index (χ3v) is 5.09. The first-order valence-corrected chi connectivity index (χ1v) is 7.58. The summed E-state index contributed by atoms with van der Waals surface area (Å²) in [5.41, 5.74) is 5.93. The molecule has 3 N–H and O–H groups in total. The SMILES string of the molecule is Cc1cc(C)c(S(=O)(=O)CC(C)C(N)=O)cc1C(=O)O. The number of aromatic carboxylic acids is 1. The number of hydrogen-bond donors (Lipinski definition) is 2. The minimum Gasteiger partial charge on any atom is -0.478 e. The summed E-state index contributed by atoms with van der Waals surface area (Å²) in [4.78, 5) is 22.0. The quantitative estimate of drug-likeness (QED) is 0.838. The van der Waals surface area contributed by atoms with Crippen molar-refractivity contribution in [3.05, 3.63) is 28.8 Å². The number of amides is 1. The van der Waals surface area contributed by atoms with E-state index in [9.17, 15) is 18.0 Å². The van der Waals surface area contributed by atoms with E-state index in [1.54, 1.807) is 13.8 Å². The molecule has 0 saturated heterocycles. The van der Waals surface area contributed by atoms with Crippen molar-refractivity contribution in [1.29, 1.82) is 0 Å². The predicted octanol–water partition coefficient (Wildman–Crippen LogP) is 0.897. The van der Waals surface area contributed by atoms with Crippen LogP contribution in [-0.2, 0) is 14.6 Å². The Bertz CT molecular complexity index is 664. The summed E-state index contributed by atoms with van der Waals surface area (Å²) >= 11 is 0. The maximum atomic E-state index is 12.3. The number of carbonyl (C=O) groups excluding carboxylic acids is 1. The first-order chi connectivity index (χ1) is 9.06. The lowest BCUT2D eigenvalue weighted by molar-refractivity contribution is -0.120. The van der Waals surface area contributed by atoms with Crippen molar-refractivity contribution in [1.82, 2.24) is 0 Å². The fourth-order valence-corrected chi connectivity index (χ4v) is 3.75. The van der Waals surface area contributed by atoms with Gasteiger partial charge in [-0.1, -0.05) is 13.0 Å². The lowest BCUT2D eigenvalue weighted by Crippen LogP contribution is -2.27. The molecule has 0 aliphatic rings. The van der Waals surface area contributed by atoms with Crippen molar-refractivity contribution >= 4 is 21.7 Å². The van der Waals surface area contributed by atoms with Crippen molar-refractivity contribution in [3.63, 3.8) is 0 Å². The molecular formula is C13H17NO5S. The van der Waals surface area contributed by atoms with Gasteiger partial charge in [0.05, 0.1) is 16.2 Å². The number of carbonyl (C=O) groups is 2. The monoisotopic (exact) mass is 299 g/mol. The van der Waals surface area contributed by atoms with Crippen molar-refractivity contribution in [2.24, 2.45) is 11.7 Å². The van der Waals surface area contributed by atoms with E-state index in [-0.39, 0.29) is 10.5 Å². The van der Waals surface area contributed by atoms with E-state index in [0.717, 1.165) is 6.07 Å². The van der Waals surface area contributed by atoms with E-state index in [4.69, 9.17) is 10.8 Å². The zero-order valence-electron chi connectivity index (χ0n) is 11.5. The second kappa shape index (κ2) is 5.62. The normalized spacial score (nSPS) is 12.9. The van der Waals surface area contributed by atoms with Crippen LogP contribution in [0.5, 0.6) is 0 Å². The smallest absolute Gasteiger partial charge is 0.335 e. The number of carboxylic acid groups (broad SMARTS) is 1. The van der Waals surface area contributed by atoms with Gasteiger partial charge in [0.25, 0.3) is 0 Å². The Balaban J connectivity index is 3.35. The summed E-state index contributed by atoms with van der Waals surface area (Å²) in [5, 5.41) is 9.05.